The molecule has 0 aromatic rings. The molecule has 5 nitrogen and oxygen atoms in total. The number of carbonyl (C=O) groups is 2. The minimum atomic E-state index is -0.602. The lowest BCUT2D eigenvalue weighted by atomic mass is 9.83. The lowest BCUT2D eigenvalue weighted by molar-refractivity contribution is -0.124. The molecule has 5 heteroatoms. The van der Waals surface area contributed by atoms with Crippen LogP contribution in [-0.4, -0.2) is 36.1 Å². The minimum Gasteiger partial charge on any atom is -0.395 e. The summed E-state index contributed by atoms with van der Waals surface area (Å²) in [5, 5.41) is 11.6. The van der Waals surface area contributed by atoms with Crippen LogP contribution in [0.2, 0.25) is 0 Å². The zero-order valence-electron chi connectivity index (χ0n) is 9.78. The third kappa shape index (κ3) is 3.23. The number of rotatable bonds is 5. The van der Waals surface area contributed by atoms with E-state index in [0.29, 0.717) is 18.7 Å². The Kier molecular flexibility index (Phi) is 5.03. The Labute approximate surface area is 99.9 Å². The summed E-state index contributed by atoms with van der Waals surface area (Å²) in [5.41, 5.74) is 0.714. The maximum atomic E-state index is 11.8. The first kappa shape index (κ1) is 13.6. The summed E-state index contributed by atoms with van der Waals surface area (Å²) in [6.07, 6.45) is 2.33. The molecule has 1 aliphatic carbocycles. The quantitative estimate of drug-likeness (QED) is 0.516. The number of carbonyl (C=O) groups excluding carboxylic acids is 3. The lowest BCUT2D eigenvalue weighted by Crippen LogP contribution is -2.31. The molecule has 1 saturated carbocycles. The number of hydrogen-bond acceptors (Lipinski definition) is 5. The maximum absolute atomic E-state index is 11.8. The Hall–Kier alpha value is -1.49. The summed E-state index contributed by atoms with van der Waals surface area (Å²) >= 11 is 0. The van der Waals surface area contributed by atoms with Crippen molar-refractivity contribution in [3.63, 3.8) is 0 Å². The number of allylic oxidation sites excluding steroid dienone is 2. The SMILES string of the molecule is CCC(NCCO)=C1C(=O)CC([C]=O)CC1=O. The molecule has 1 aliphatic rings. The van der Waals surface area contributed by atoms with Crippen LogP contribution in [0, 0.1) is 5.92 Å². The Bertz CT molecular complexity index is 340. The third-order valence-electron chi connectivity index (χ3n) is 2.69. The minimum absolute atomic E-state index is 0.0505. The summed E-state index contributed by atoms with van der Waals surface area (Å²) in [4.78, 5) is 34.0. The fourth-order valence-electron chi connectivity index (χ4n) is 1.90. The van der Waals surface area contributed by atoms with Gasteiger partial charge in [0.05, 0.1) is 12.2 Å². The van der Waals surface area contributed by atoms with Crippen molar-refractivity contribution in [2.75, 3.05) is 13.2 Å². The molecular weight excluding hydrogens is 222 g/mol. The number of nitrogens with one attached hydrogen (secondary N) is 1. The molecule has 0 heterocycles. The second-order valence-electron chi connectivity index (χ2n) is 3.93. The fraction of sp³-hybridized carbons (Fsp3) is 0.583. The van der Waals surface area contributed by atoms with Crippen LogP contribution in [-0.2, 0) is 14.4 Å². The monoisotopic (exact) mass is 238 g/mol. The van der Waals surface area contributed by atoms with Crippen LogP contribution in [0.25, 0.3) is 0 Å². The Morgan fingerprint density at radius 3 is 2.41 bits per heavy atom. The second kappa shape index (κ2) is 6.30. The highest BCUT2D eigenvalue weighted by Gasteiger charge is 2.32. The number of hydrogen-bond donors (Lipinski definition) is 2. The molecular formula is C12H16NO4. The molecule has 1 rings (SSSR count). The van der Waals surface area contributed by atoms with Crippen molar-refractivity contribution >= 4 is 17.9 Å². The standard InChI is InChI=1S/C12H16NO4/c1-2-9(13-3-4-14)12-10(16)5-8(7-15)6-11(12)17/h8,13-14H,2-6H2,1H3. The van der Waals surface area contributed by atoms with Gasteiger partial charge in [-0.15, -0.1) is 0 Å². The number of Topliss-reactive ketones (excluding diaryl/α,β-unsaturated/α-hetero) is 2. The molecule has 2 N–H and O–H groups in total. The lowest BCUT2D eigenvalue weighted by Gasteiger charge is -2.20. The van der Waals surface area contributed by atoms with Crippen molar-refractivity contribution < 1.29 is 19.5 Å². The average molecular weight is 238 g/mol. The van der Waals surface area contributed by atoms with E-state index >= 15 is 0 Å². The molecule has 1 fully saturated rings. The number of aliphatic hydroxyl groups is 1. The molecule has 0 bridgehead atoms. The van der Waals surface area contributed by atoms with Gasteiger partial charge in [-0.1, -0.05) is 6.92 Å². The first-order valence-corrected chi connectivity index (χ1v) is 5.66. The highest BCUT2D eigenvalue weighted by molar-refractivity contribution is 6.23. The summed E-state index contributed by atoms with van der Waals surface area (Å²) in [6, 6.07) is 0. The first-order valence-electron chi connectivity index (χ1n) is 5.66. The number of ketones is 2. The second-order valence-corrected chi connectivity index (χ2v) is 3.93. The van der Waals surface area contributed by atoms with Crippen LogP contribution in [0.3, 0.4) is 0 Å². The van der Waals surface area contributed by atoms with Crippen molar-refractivity contribution in [2.24, 2.45) is 5.92 Å². The van der Waals surface area contributed by atoms with E-state index in [0.717, 1.165) is 0 Å². The van der Waals surface area contributed by atoms with Gasteiger partial charge >= 0.3 is 0 Å². The summed E-state index contributed by atoms with van der Waals surface area (Å²) < 4.78 is 0. The van der Waals surface area contributed by atoms with E-state index < -0.39 is 5.92 Å². The number of aliphatic hydroxyl groups excluding tert-OH is 1. The zero-order chi connectivity index (χ0) is 12.8. The van der Waals surface area contributed by atoms with E-state index in [2.05, 4.69) is 5.32 Å². The molecule has 17 heavy (non-hydrogen) atoms. The van der Waals surface area contributed by atoms with Crippen molar-refractivity contribution in [3.05, 3.63) is 11.3 Å². The van der Waals surface area contributed by atoms with Crippen molar-refractivity contribution in [1.82, 2.24) is 5.32 Å². The van der Waals surface area contributed by atoms with Gasteiger partial charge in [0.25, 0.3) is 0 Å². The van der Waals surface area contributed by atoms with Gasteiger partial charge in [0.15, 0.2) is 11.6 Å². The Morgan fingerprint density at radius 1 is 1.41 bits per heavy atom. The Balaban J connectivity index is 2.93. The molecule has 0 spiro atoms. The van der Waals surface area contributed by atoms with Gasteiger partial charge in [-0.3, -0.25) is 14.4 Å². The summed E-state index contributed by atoms with van der Waals surface area (Å²) in [6.45, 7) is 2.06. The molecule has 0 atom stereocenters. The molecule has 0 unspecified atom stereocenters. The molecule has 1 radical (unpaired) electrons. The van der Waals surface area contributed by atoms with Gasteiger partial charge in [0.2, 0.25) is 6.29 Å². The van der Waals surface area contributed by atoms with E-state index in [9.17, 15) is 14.4 Å². The van der Waals surface area contributed by atoms with E-state index in [1.54, 1.807) is 6.29 Å². The van der Waals surface area contributed by atoms with Crippen LogP contribution in [0.5, 0.6) is 0 Å². The predicted octanol–water partition coefficient (Wildman–Crippen LogP) is -0.110. The molecule has 0 saturated heterocycles. The molecule has 0 aromatic heterocycles. The molecule has 0 aromatic carbocycles. The van der Waals surface area contributed by atoms with Crippen LogP contribution < -0.4 is 5.32 Å². The predicted molar refractivity (Wildman–Crippen MR) is 60.8 cm³/mol. The van der Waals surface area contributed by atoms with Crippen LogP contribution in [0.15, 0.2) is 11.3 Å². The first-order chi connectivity index (χ1) is 8.13. The molecule has 0 aliphatic heterocycles. The normalized spacial score (nSPS) is 20.4. The van der Waals surface area contributed by atoms with Crippen molar-refractivity contribution in [2.45, 2.75) is 26.2 Å². The van der Waals surface area contributed by atoms with Gasteiger partial charge in [-0.2, -0.15) is 0 Å². The largest absolute Gasteiger partial charge is 0.395 e. The average Bonchev–Trinajstić information content (AvgIpc) is 2.32. The van der Waals surface area contributed by atoms with Gasteiger partial charge < -0.3 is 10.4 Å². The third-order valence-corrected chi connectivity index (χ3v) is 2.69. The van der Waals surface area contributed by atoms with Gasteiger partial charge in [-0.25, -0.2) is 0 Å². The van der Waals surface area contributed by atoms with Crippen molar-refractivity contribution in [3.8, 4) is 0 Å². The highest BCUT2D eigenvalue weighted by Crippen LogP contribution is 2.23. The Morgan fingerprint density at radius 2 is 2.00 bits per heavy atom. The van der Waals surface area contributed by atoms with Crippen LogP contribution >= 0.6 is 0 Å². The van der Waals surface area contributed by atoms with E-state index in [4.69, 9.17) is 5.11 Å². The van der Waals surface area contributed by atoms with E-state index in [1.807, 2.05) is 6.92 Å². The zero-order valence-corrected chi connectivity index (χ0v) is 9.78. The molecule has 0 amide bonds. The topological polar surface area (TPSA) is 83.5 Å². The summed E-state index contributed by atoms with van der Waals surface area (Å²) in [7, 11) is 0. The maximum Gasteiger partial charge on any atom is 0.202 e. The van der Waals surface area contributed by atoms with E-state index in [1.165, 1.54) is 0 Å². The summed E-state index contributed by atoms with van der Waals surface area (Å²) in [5.74, 6) is -1.22. The van der Waals surface area contributed by atoms with Gasteiger partial charge in [0.1, 0.15) is 0 Å². The smallest absolute Gasteiger partial charge is 0.202 e. The fourth-order valence-corrected chi connectivity index (χ4v) is 1.90. The van der Waals surface area contributed by atoms with Gasteiger partial charge in [0, 0.05) is 31.0 Å². The molecule has 93 valence electrons. The van der Waals surface area contributed by atoms with Crippen LogP contribution in [0.1, 0.15) is 26.2 Å². The highest BCUT2D eigenvalue weighted by atomic mass is 16.3. The van der Waals surface area contributed by atoms with Crippen LogP contribution in [0.4, 0.5) is 0 Å². The van der Waals surface area contributed by atoms with Crippen molar-refractivity contribution in [1.29, 1.82) is 0 Å². The van der Waals surface area contributed by atoms with E-state index in [-0.39, 0.29) is 36.6 Å². The van der Waals surface area contributed by atoms with Gasteiger partial charge in [-0.05, 0) is 6.42 Å².